The molecule has 0 saturated heterocycles. The van der Waals surface area contributed by atoms with Crippen LogP contribution in [-0.2, 0) is 0 Å². The van der Waals surface area contributed by atoms with Gasteiger partial charge in [0.1, 0.15) is 23.6 Å². The standard InChI is InChI=1S/C21H16Cl2N4O2/c1-28-12-4-6-14(18(8-12)29-2)17-9-15(13-5-3-11(22)7-16(13)23)19-20(24)25-10-26-21(19)27-17/h3-10H,1-2H3,(H2,24,25,26,27). The van der Waals surface area contributed by atoms with E-state index in [2.05, 4.69) is 15.0 Å². The van der Waals surface area contributed by atoms with Crippen LogP contribution in [0.5, 0.6) is 11.5 Å². The number of nitrogens with zero attached hydrogens (tertiary/aromatic N) is 3. The van der Waals surface area contributed by atoms with Crippen molar-refractivity contribution in [3.63, 3.8) is 0 Å². The average molecular weight is 427 g/mol. The van der Waals surface area contributed by atoms with E-state index in [4.69, 9.17) is 38.4 Å². The summed E-state index contributed by atoms with van der Waals surface area (Å²) in [6.45, 7) is 0. The maximum atomic E-state index is 6.49. The minimum atomic E-state index is 0.316. The fraction of sp³-hybridized carbons (Fsp3) is 0.0952. The predicted octanol–water partition coefficient (Wildman–Crippen LogP) is 5.27. The minimum absolute atomic E-state index is 0.316. The van der Waals surface area contributed by atoms with Crippen LogP contribution in [0.25, 0.3) is 33.4 Å². The molecule has 0 bridgehead atoms. The van der Waals surface area contributed by atoms with E-state index in [1.54, 1.807) is 32.4 Å². The van der Waals surface area contributed by atoms with Crippen molar-refractivity contribution in [1.29, 1.82) is 0 Å². The number of benzene rings is 2. The van der Waals surface area contributed by atoms with E-state index in [1.807, 2.05) is 24.3 Å². The van der Waals surface area contributed by atoms with Crippen molar-refractivity contribution in [2.24, 2.45) is 0 Å². The number of pyridine rings is 1. The van der Waals surface area contributed by atoms with Gasteiger partial charge in [0.2, 0.25) is 0 Å². The van der Waals surface area contributed by atoms with Gasteiger partial charge in [-0.2, -0.15) is 0 Å². The maximum Gasteiger partial charge on any atom is 0.165 e. The fourth-order valence-electron chi connectivity index (χ4n) is 3.16. The molecule has 0 saturated carbocycles. The lowest BCUT2D eigenvalue weighted by Crippen LogP contribution is -1.99. The number of halogens is 2. The van der Waals surface area contributed by atoms with Crippen molar-refractivity contribution in [3.05, 3.63) is 58.8 Å². The summed E-state index contributed by atoms with van der Waals surface area (Å²) in [4.78, 5) is 13.1. The fourth-order valence-corrected chi connectivity index (χ4v) is 3.67. The van der Waals surface area contributed by atoms with Crippen LogP contribution in [0.2, 0.25) is 10.0 Å². The third-order valence-corrected chi connectivity index (χ3v) is 5.09. The molecule has 2 aromatic carbocycles. The molecule has 0 amide bonds. The molecule has 29 heavy (non-hydrogen) atoms. The van der Waals surface area contributed by atoms with E-state index in [9.17, 15) is 0 Å². The molecule has 0 unspecified atom stereocenters. The van der Waals surface area contributed by atoms with Crippen LogP contribution in [0.15, 0.2) is 48.8 Å². The number of fused-ring (bicyclic) bond motifs is 1. The zero-order valence-electron chi connectivity index (χ0n) is 15.6. The van der Waals surface area contributed by atoms with Crippen LogP contribution >= 0.6 is 23.2 Å². The van der Waals surface area contributed by atoms with E-state index < -0.39 is 0 Å². The highest BCUT2D eigenvalue weighted by Gasteiger charge is 2.18. The van der Waals surface area contributed by atoms with Gasteiger partial charge in [0.15, 0.2) is 5.65 Å². The molecule has 0 fully saturated rings. The summed E-state index contributed by atoms with van der Waals surface area (Å²) >= 11 is 12.6. The molecule has 2 heterocycles. The van der Waals surface area contributed by atoms with Gasteiger partial charge in [0.05, 0.1) is 25.3 Å². The summed E-state index contributed by atoms with van der Waals surface area (Å²) in [6.07, 6.45) is 1.38. The number of nitrogen functional groups attached to an aromatic ring is 1. The molecule has 4 rings (SSSR count). The van der Waals surface area contributed by atoms with Crippen molar-refractivity contribution < 1.29 is 9.47 Å². The Morgan fingerprint density at radius 1 is 0.862 bits per heavy atom. The first-order valence-electron chi connectivity index (χ1n) is 8.61. The Labute approximate surface area is 177 Å². The second kappa shape index (κ2) is 7.73. The number of nitrogens with two attached hydrogens (primary N) is 1. The van der Waals surface area contributed by atoms with Gasteiger partial charge >= 0.3 is 0 Å². The third kappa shape index (κ3) is 3.52. The maximum absolute atomic E-state index is 6.49. The van der Waals surface area contributed by atoms with Gasteiger partial charge in [-0.3, -0.25) is 0 Å². The first-order chi connectivity index (χ1) is 14.0. The van der Waals surface area contributed by atoms with Crippen LogP contribution in [0.1, 0.15) is 0 Å². The Bertz CT molecular complexity index is 1230. The first-order valence-corrected chi connectivity index (χ1v) is 9.36. The van der Waals surface area contributed by atoms with Crippen molar-refractivity contribution in [3.8, 4) is 33.9 Å². The Balaban J connectivity index is 2.04. The summed E-state index contributed by atoms with van der Waals surface area (Å²) in [5, 5.41) is 1.65. The Kier molecular flexibility index (Phi) is 5.13. The largest absolute Gasteiger partial charge is 0.497 e. The van der Waals surface area contributed by atoms with Crippen LogP contribution in [-0.4, -0.2) is 29.2 Å². The second-order valence-corrected chi connectivity index (χ2v) is 7.05. The molecule has 4 aromatic rings. The Morgan fingerprint density at radius 2 is 1.66 bits per heavy atom. The number of methoxy groups -OCH3 is 2. The number of aromatic nitrogens is 3. The van der Waals surface area contributed by atoms with Crippen molar-refractivity contribution >= 4 is 40.1 Å². The Morgan fingerprint density at radius 3 is 2.38 bits per heavy atom. The zero-order valence-corrected chi connectivity index (χ0v) is 17.1. The van der Waals surface area contributed by atoms with E-state index in [1.165, 1.54) is 6.33 Å². The zero-order chi connectivity index (χ0) is 20.5. The number of anilines is 1. The highest BCUT2D eigenvalue weighted by atomic mass is 35.5. The van der Waals surface area contributed by atoms with E-state index in [-0.39, 0.29) is 0 Å². The molecule has 146 valence electrons. The van der Waals surface area contributed by atoms with Gasteiger partial charge in [0, 0.05) is 32.8 Å². The summed E-state index contributed by atoms with van der Waals surface area (Å²) in [6, 6.07) is 12.7. The third-order valence-electron chi connectivity index (χ3n) is 4.54. The molecular weight excluding hydrogens is 411 g/mol. The van der Waals surface area contributed by atoms with Crippen molar-refractivity contribution in [1.82, 2.24) is 15.0 Å². The van der Waals surface area contributed by atoms with E-state index in [0.29, 0.717) is 44.1 Å². The average Bonchev–Trinajstić information content (AvgIpc) is 2.72. The molecule has 0 aliphatic rings. The van der Waals surface area contributed by atoms with E-state index >= 15 is 0 Å². The number of ether oxygens (including phenoxy) is 2. The molecule has 0 spiro atoms. The topological polar surface area (TPSA) is 83.2 Å². The van der Waals surface area contributed by atoms with Crippen LogP contribution in [0, 0.1) is 0 Å². The Hall–Kier alpha value is -3.09. The van der Waals surface area contributed by atoms with Gasteiger partial charge in [0.25, 0.3) is 0 Å². The smallest absolute Gasteiger partial charge is 0.165 e. The summed E-state index contributed by atoms with van der Waals surface area (Å²) in [5.74, 6) is 1.61. The summed E-state index contributed by atoms with van der Waals surface area (Å²) < 4.78 is 10.8. The minimum Gasteiger partial charge on any atom is -0.497 e. The molecule has 6 nitrogen and oxygen atoms in total. The molecule has 8 heteroatoms. The van der Waals surface area contributed by atoms with Gasteiger partial charge < -0.3 is 15.2 Å². The lowest BCUT2D eigenvalue weighted by molar-refractivity contribution is 0.395. The number of rotatable bonds is 4. The highest BCUT2D eigenvalue weighted by Crippen LogP contribution is 2.40. The lowest BCUT2D eigenvalue weighted by Gasteiger charge is -2.14. The highest BCUT2D eigenvalue weighted by molar-refractivity contribution is 6.36. The monoisotopic (exact) mass is 426 g/mol. The molecule has 2 N–H and O–H groups in total. The molecule has 0 atom stereocenters. The molecular formula is C21H16Cl2N4O2. The second-order valence-electron chi connectivity index (χ2n) is 6.20. The molecule has 2 aromatic heterocycles. The summed E-state index contributed by atoms with van der Waals surface area (Å²) in [7, 11) is 3.19. The normalized spacial score (nSPS) is 10.9. The predicted molar refractivity (Wildman–Crippen MR) is 116 cm³/mol. The van der Waals surface area contributed by atoms with Gasteiger partial charge in [-0.25, -0.2) is 15.0 Å². The summed E-state index contributed by atoms with van der Waals surface area (Å²) in [5.41, 5.74) is 9.54. The van der Waals surface area contributed by atoms with Gasteiger partial charge in [-0.05, 0) is 30.3 Å². The molecule has 0 radical (unpaired) electrons. The number of hydrogen-bond acceptors (Lipinski definition) is 6. The molecule has 0 aliphatic carbocycles. The molecule has 0 aliphatic heterocycles. The van der Waals surface area contributed by atoms with Gasteiger partial charge in [-0.15, -0.1) is 0 Å². The lowest BCUT2D eigenvalue weighted by atomic mass is 9.99. The van der Waals surface area contributed by atoms with Crippen LogP contribution in [0.3, 0.4) is 0 Å². The first kappa shape index (κ1) is 19.2. The van der Waals surface area contributed by atoms with E-state index in [0.717, 1.165) is 16.7 Å². The van der Waals surface area contributed by atoms with Crippen molar-refractivity contribution in [2.45, 2.75) is 0 Å². The van der Waals surface area contributed by atoms with Crippen LogP contribution in [0.4, 0.5) is 5.82 Å². The number of hydrogen-bond donors (Lipinski definition) is 1. The van der Waals surface area contributed by atoms with Crippen LogP contribution < -0.4 is 15.2 Å². The van der Waals surface area contributed by atoms with Gasteiger partial charge in [-0.1, -0.05) is 29.3 Å². The van der Waals surface area contributed by atoms with Crippen molar-refractivity contribution in [2.75, 3.05) is 20.0 Å². The SMILES string of the molecule is COc1ccc(-c2cc(-c3ccc(Cl)cc3Cl)c3c(N)ncnc3n2)c(OC)c1. The quantitative estimate of drug-likeness (QED) is 0.478.